The van der Waals surface area contributed by atoms with Gasteiger partial charge in [0.05, 0.1) is 6.04 Å². The predicted octanol–water partition coefficient (Wildman–Crippen LogP) is 2.26. The van der Waals surface area contributed by atoms with E-state index in [4.69, 9.17) is 10.5 Å². The number of fused-ring (bicyclic) bond motifs is 1. The van der Waals surface area contributed by atoms with Crippen LogP contribution in [0.25, 0.3) is 0 Å². The number of hydrogen-bond acceptors (Lipinski definition) is 3. The molecule has 1 heterocycles. The number of aliphatic hydroxyl groups excluding tert-OH is 1. The van der Waals surface area contributed by atoms with Crippen LogP contribution < -0.4 is 10.5 Å². The molecule has 0 radical (unpaired) electrons. The number of aliphatic hydroxyl groups is 1. The summed E-state index contributed by atoms with van der Waals surface area (Å²) in [5.41, 5.74) is 8.49. The zero-order valence-electron chi connectivity index (χ0n) is 10.7. The van der Waals surface area contributed by atoms with Crippen LogP contribution in [0.2, 0.25) is 0 Å². The molecule has 1 aliphatic heterocycles. The standard InChI is InChI=1S/C13H19NO2.ClH/c1-7-5-6-9-10(15)12(14)13(3,4)16-11(9)8(7)2;/h5-6,10,12,15H,14H2,1-4H3;1H. The molecule has 0 bridgehead atoms. The molecule has 3 nitrogen and oxygen atoms in total. The number of halogens is 1. The number of aryl methyl sites for hydroxylation is 1. The molecule has 1 aromatic carbocycles. The third-order valence-corrected chi connectivity index (χ3v) is 3.53. The molecule has 0 aromatic heterocycles. The number of ether oxygens (including phenoxy) is 1. The maximum Gasteiger partial charge on any atom is 0.129 e. The Kier molecular flexibility index (Phi) is 3.77. The second-order valence-corrected chi connectivity index (χ2v) is 5.10. The average Bonchev–Trinajstić information content (AvgIpc) is 2.21. The lowest BCUT2D eigenvalue weighted by atomic mass is 9.85. The van der Waals surface area contributed by atoms with Gasteiger partial charge < -0.3 is 15.6 Å². The third-order valence-electron chi connectivity index (χ3n) is 3.53. The average molecular weight is 258 g/mol. The largest absolute Gasteiger partial charge is 0.485 e. The molecule has 3 N–H and O–H groups in total. The quantitative estimate of drug-likeness (QED) is 0.750. The van der Waals surface area contributed by atoms with E-state index in [-0.39, 0.29) is 12.4 Å². The maximum absolute atomic E-state index is 10.2. The number of hydrogen-bond donors (Lipinski definition) is 2. The molecule has 1 aliphatic rings. The molecule has 0 saturated carbocycles. The van der Waals surface area contributed by atoms with E-state index in [0.717, 1.165) is 22.4 Å². The van der Waals surface area contributed by atoms with Crippen LogP contribution in [0.5, 0.6) is 5.75 Å². The van der Waals surface area contributed by atoms with Crippen molar-refractivity contribution < 1.29 is 9.84 Å². The third kappa shape index (κ3) is 2.15. The molecule has 17 heavy (non-hydrogen) atoms. The van der Waals surface area contributed by atoms with Crippen LogP contribution in [-0.2, 0) is 0 Å². The van der Waals surface area contributed by atoms with E-state index in [9.17, 15) is 5.11 Å². The summed E-state index contributed by atoms with van der Waals surface area (Å²) in [6, 6.07) is 3.49. The highest BCUT2D eigenvalue weighted by atomic mass is 35.5. The van der Waals surface area contributed by atoms with Crippen LogP contribution in [0.3, 0.4) is 0 Å². The molecule has 2 rings (SSSR count). The number of rotatable bonds is 0. The Morgan fingerprint density at radius 1 is 1.29 bits per heavy atom. The maximum atomic E-state index is 10.2. The van der Waals surface area contributed by atoms with Crippen molar-refractivity contribution in [3.63, 3.8) is 0 Å². The Balaban J connectivity index is 0.00000144. The number of nitrogens with two attached hydrogens (primary N) is 1. The molecular weight excluding hydrogens is 238 g/mol. The van der Waals surface area contributed by atoms with E-state index >= 15 is 0 Å². The van der Waals surface area contributed by atoms with Crippen molar-refractivity contribution >= 4 is 12.4 Å². The lowest BCUT2D eigenvalue weighted by Gasteiger charge is -2.41. The van der Waals surface area contributed by atoms with Gasteiger partial charge in [0.25, 0.3) is 0 Å². The van der Waals surface area contributed by atoms with Crippen molar-refractivity contribution in [2.75, 3.05) is 0 Å². The van der Waals surface area contributed by atoms with Gasteiger partial charge in [-0.15, -0.1) is 12.4 Å². The monoisotopic (exact) mass is 257 g/mol. The molecule has 0 saturated heterocycles. The Labute approximate surface area is 108 Å². The summed E-state index contributed by atoms with van der Waals surface area (Å²) in [5, 5.41) is 10.2. The van der Waals surface area contributed by atoms with E-state index in [2.05, 4.69) is 0 Å². The second-order valence-electron chi connectivity index (χ2n) is 5.10. The Morgan fingerprint density at radius 2 is 1.88 bits per heavy atom. The van der Waals surface area contributed by atoms with E-state index in [1.165, 1.54) is 0 Å². The van der Waals surface area contributed by atoms with Gasteiger partial charge in [-0.3, -0.25) is 0 Å². The topological polar surface area (TPSA) is 55.5 Å². The van der Waals surface area contributed by atoms with Crippen LogP contribution in [0.4, 0.5) is 0 Å². The van der Waals surface area contributed by atoms with Gasteiger partial charge in [-0.05, 0) is 38.8 Å². The highest BCUT2D eigenvalue weighted by Crippen LogP contribution is 2.41. The van der Waals surface area contributed by atoms with E-state index < -0.39 is 17.7 Å². The molecule has 0 amide bonds. The first-order valence-corrected chi connectivity index (χ1v) is 5.57. The SMILES string of the molecule is Cc1ccc2c(c1C)OC(C)(C)C(N)C2O.Cl. The summed E-state index contributed by atoms with van der Waals surface area (Å²) in [5.74, 6) is 0.791. The summed E-state index contributed by atoms with van der Waals surface area (Å²) in [7, 11) is 0. The van der Waals surface area contributed by atoms with Crippen LogP contribution >= 0.6 is 12.4 Å². The zero-order valence-corrected chi connectivity index (χ0v) is 11.5. The molecule has 2 unspecified atom stereocenters. The van der Waals surface area contributed by atoms with E-state index in [1.54, 1.807) is 0 Å². The molecule has 1 aromatic rings. The van der Waals surface area contributed by atoms with Gasteiger partial charge in [0.2, 0.25) is 0 Å². The molecule has 0 fully saturated rings. The summed E-state index contributed by atoms with van der Waals surface area (Å²) in [6.45, 7) is 7.86. The minimum absolute atomic E-state index is 0. The summed E-state index contributed by atoms with van der Waals surface area (Å²) in [6.07, 6.45) is -0.655. The highest BCUT2D eigenvalue weighted by molar-refractivity contribution is 5.85. The fourth-order valence-electron chi connectivity index (χ4n) is 2.08. The summed E-state index contributed by atoms with van der Waals surface area (Å²) in [4.78, 5) is 0. The van der Waals surface area contributed by atoms with Gasteiger partial charge in [0, 0.05) is 5.56 Å². The molecular formula is C13H20ClNO2. The van der Waals surface area contributed by atoms with Gasteiger partial charge in [0.15, 0.2) is 0 Å². The van der Waals surface area contributed by atoms with Crippen molar-refractivity contribution in [2.24, 2.45) is 5.73 Å². The van der Waals surface area contributed by atoms with Crippen molar-refractivity contribution in [2.45, 2.75) is 45.4 Å². The van der Waals surface area contributed by atoms with Crippen molar-refractivity contribution in [1.82, 2.24) is 0 Å². The van der Waals surface area contributed by atoms with Crippen LogP contribution in [0.15, 0.2) is 12.1 Å². The first kappa shape index (κ1) is 14.3. The minimum Gasteiger partial charge on any atom is -0.485 e. The van der Waals surface area contributed by atoms with Gasteiger partial charge in [0.1, 0.15) is 17.5 Å². The Bertz CT molecular complexity index is 432. The predicted molar refractivity (Wildman–Crippen MR) is 70.8 cm³/mol. The first-order valence-electron chi connectivity index (χ1n) is 5.57. The smallest absolute Gasteiger partial charge is 0.129 e. The first-order chi connectivity index (χ1) is 7.34. The summed E-state index contributed by atoms with van der Waals surface area (Å²) >= 11 is 0. The van der Waals surface area contributed by atoms with Crippen LogP contribution in [0.1, 0.15) is 36.6 Å². The Morgan fingerprint density at radius 3 is 2.47 bits per heavy atom. The molecule has 96 valence electrons. The second kappa shape index (κ2) is 4.48. The van der Waals surface area contributed by atoms with Crippen molar-refractivity contribution in [3.05, 3.63) is 28.8 Å². The zero-order chi connectivity index (χ0) is 12.1. The number of benzene rings is 1. The van der Waals surface area contributed by atoms with Gasteiger partial charge in [-0.2, -0.15) is 0 Å². The molecule has 0 aliphatic carbocycles. The van der Waals surface area contributed by atoms with E-state index in [1.807, 2.05) is 39.8 Å². The summed E-state index contributed by atoms with van der Waals surface area (Å²) < 4.78 is 5.93. The fraction of sp³-hybridized carbons (Fsp3) is 0.538. The van der Waals surface area contributed by atoms with Gasteiger partial charge >= 0.3 is 0 Å². The molecule has 2 atom stereocenters. The normalized spacial score (nSPS) is 25.5. The van der Waals surface area contributed by atoms with Crippen molar-refractivity contribution in [1.29, 1.82) is 0 Å². The molecule has 0 spiro atoms. The van der Waals surface area contributed by atoms with Crippen molar-refractivity contribution in [3.8, 4) is 5.75 Å². The van der Waals surface area contributed by atoms with Crippen LogP contribution in [0, 0.1) is 13.8 Å². The minimum atomic E-state index is -0.655. The lowest BCUT2D eigenvalue weighted by molar-refractivity contribution is -0.0123. The fourth-order valence-corrected chi connectivity index (χ4v) is 2.08. The lowest BCUT2D eigenvalue weighted by Crippen LogP contribution is -2.54. The van der Waals surface area contributed by atoms with Gasteiger partial charge in [-0.1, -0.05) is 12.1 Å². The highest BCUT2D eigenvalue weighted by Gasteiger charge is 2.41. The van der Waals surface area contributed by atoms with Crippen LogP contribution in [-0.4, -0.2) is 16.7 Å². The Hall–Kier alpha value is -0.770. The van der Waals surface area contributed by atoms with Gasteiger partial charge in [-0.25, -0.2) is 0 Å². The van der Waals surface area contributed by atoms with E-state index in [0.29, 0.717) is 0 Å². The molecule has 4 heteroatoms.